The maximum absolute atomic E-state index is 6.21. The number of hydrogen-bond donors (Lipinski definition) is 2. The van der Waals surface area contributed by atoms with Crippen molar-refractivity contribution in [3.05, 3.63) is 46.6 Å². The molecule has 1 fully saturated rings. The second-order valence-corrected chi connectivity index (χ2v) is 6.90. The molecule has 1 aromatic carbocycles. The Kier molecular flexibility index (Phi) is 5.91. The second-order valence-electron chi connectivity index (χ2n) is 6.50. The average molecular weight is 345 g/mol. The van der Waals surface area contributed by atoms with Gasteiger partial charge < -0.3 is 10.6 Å². The maximum atomic E-state index is 6.21. The van der Waals surface area contributed by atoms with Crippen molar-refractivity contribution < 1.29 is 0 Å². The third-order valence-corrected chi connectivity index (χ3v) is 4.83. The minimum absolute atomic E-state index is 0.491. The Bertz CT molecular complexity index is 666. The molecule has 128 valence electrons. The number of nitrogens with one attached hydrogen (secondary N) is 2. The van der Waals surface area contributed by atoms with Crippen molar-refractivity contribution in [3.63, 3.8) is 0 Å². The zero-order valence-electron chi connectivity index (χ0n) is 14.2. The van der Waals surface area contributed by atoms with Gasteiger partial charge in [-0.05, 0) is 31.4 Å². The second kappa shape index (κ2) is 8.34. The summed E-state index contributed by atoms with van der Waals surface area (Å²) in [5.74, 6) is 1.56. The van der Waals surface area contributed by atoms with Crippen LogP contribution in [0.25, 0.3) is 0 Å². The molecule has 0 spiro atoms. The molecule has 1 aliphatic rings. The fourth-order valence-corrected chi connectivity index (χ4v) is 3.36. The first-order valence-corrected chi connectivity index (χ1v) is 9.18. The van der Waals surface area contributed by atoms with E-state index in [2.05, 4.69) is 20.6 Å². The van der Waals surface area contributed by atoms with Crippen LogP contribution in [0.2, 0.25) is 5.02 Å². The monoisotopic (exact) mass is 344 g/mol. The number of nitrogens with zero attached hydrogens (tertiary/aromatic N) is 2. The zero-order chi connectivity index (χ0) is 16.8. The number of halogens is 1. The minimum Gasteiger partial charge on any atom is -0.366 e. The number of hydrogen-bond acceptors (Lipinski definition) is 4. The molecule has 1 heterocycles. The smallest absolute Gasteiger partial charge is 0.225 e. The molecule has 24 heavy (non-hydrogen) atoms. The van der Waals surface area contributed by atoms with Gasteiger partial charge in [0.2, 0.25) is 5.95 Å². The normalized spacial score (nSPS) is 15.8. The predicted octanol–water partition coefficient (Wildman–Crippen LogP) is 5.19. The van der Waals surface area contributed by atoms with Crippen molar-refractivity contribution in [2.45, 2.75) is 58.0 Å². The van der Waals surface area contributed by atoms with Crippen molar-refractivity contribution in [1.82, 2.24) is 9.97 Å². The Morgan fingerprint density at radius 2 is 1.83 bits per heavy atom. The van der Waals surface area contributed by atoms with Crippen molar-refractivity contribution in [2.24, 2.45) is 0 Å². The van der Waals surface area contributed by atoms with E-state index >= 15 is 0 Å². The quantitative estimate of drug-likeness (QED) is 0.733. The van der Waals surface area contributed by atoms with E-state index in [1.54, 1.807) is 0 Å². The highest BCUT2D eigenvalue weighted by atomic mass is 35.5. The number of aromatic nitrogens is 2. The summed E-state index contributed by atoms with van der Waals surface area (Å²) in [5.41, 5.74) is 2.02. The van der Waals surface area contributed by atoms with Crippen LogP contribution in [0, 0.1) is 6.92 Å². The van der Waals surface area contributed by atoms with E-state index in [1.165, 1.54) is 38.5 Å². The summed E-state index contributed by atoms with van der Waals surface area (Å²) in [4.78, 5) is 9.17. The fraction of sp³-hybridized carbons (Fsp3) is 0.474. The molecule has 1 aliphatic carbocycles. The summed E-state index contributed by atoms with van der Waals surface area (Å²) in [6.45, 7) is 2.65. The highest BCUT2D eigenvalue weighted by Gasteiger charge is 2.13. The van der Waals surface area contributed by atoms with Gasteiger partial charge in [0.05, 0.1) is 0 Å². The molecule has 0 saturated heterocycles. The minimum atomic E-state index is 0.491. The zero-order valence-corrected chi connectivity index (χ0v) is 14.9. The first-order chi connectivity index (χ1) is 11.7. The van der Waals surface area contributed by atoms with Gasteiger partial charge in [0.1, 0.15) is 5.82 Å². The lowest BCUT2D eigenvalue weighted by Gasteiger charge is -2.17. The Morgan fingerprint density at radius 3 is 2.58 bits per heavy atom. The molecule has 2 aromatic rings. The van der Waals surface area contributed by atoms with E-state index in [4.69, 9.17) is 11.6 Å². The third kappa shape index (κ3) is 4.84. The van der Waals surface area contributed by atoms with Crippen LogP contribution in [0.15, 0.2) is 30.3 Å². The predicted molar refractivity (Wildman–Crippen MR) is 101 cm³/mol. The Hall–Kier alpha value is -1.81. The van der Waals surface area contributed by atoms with E-state index in [1.807, 2.05) is 37.3 Å². The maximum Gasteiger partial charge on any atom is 0.225 e. The lowest BCUT2D eigenvalue weighted by atomic mass is 10.1. The molecule has 1 aromatic heterocycles. The van der Waals surface area contributed by atoms with Gasteiger partial charge in [0.25, 0.3) is 0 Å². The fourth-order valence-electron chi connectivity index (χ4n) is 3.16. The lowest BCUT2D eigenvalue weighted by Crippen LogP contribution is -2.20. The van der Waals surface area contributed by atoms with Crippen molar-refractivity contribution >= 4 is 23.4 Å². The van der Waals surface area contributed by atoms with Gasteiger partial charge in [0.15, 0.2) is 0 Å². The molecule has 4 nitrogen and oxygen atoms in total. The first kappa shape index (κ1) is 17.0. The number of benzene rings is 1. The van der Waals surface area contributed by atoms with Crippen LogP contribution < -0.4 is 10.6 Å². The summed E-state index contributed by atoms with van der Waals surface area (Å²) < 4.78 is 0. The number of aryl methyl sites for hydroxylation is 1. The van der Waals surface area contributed by atoms with E-state index in [-0.39, 0.29) is 0 Å². The Morgan fingerprint density at radius 1 is 1.08 bits per heavy atom. The Balaban J connectivity index is 1.66. The van der Waals surface area contributed by atoms with Crippen molar-refractivity contribution in [3.8, 4) is 0 Å². The van der Waals surface area contributed by atoms with Crippen LogP contribution >= 0.6 is 11.6 Å². The van der Waals surface area contributed by atoms with Gasteiger partial charge in [-0.1, -0.05) is 55.5 Å². The van der Waals surface area contributed by atoms with E-state index in [9.17, 15) is 0 Å². The first-order valence-electron chi connectivity index (χ1n) is 8.80. The van der Waals surface area contributed by atoms with Crippen LogP contribution in [0.1, 0.15) is 49.8 Å². The molecule has 0 bridgehead atoms. The van der Waals surface area contributed by atoms with E-state index < -0.39 is 0 Å². The molecule has 0 radical (unpaired) electrons. The molecule has 0 amide bonds. The van der Waals surface area contributed by atoms with Gasteiger partial charge in [-0.3, -0.25) is 0 Å². The standard InChI is InChI=1S/C19H25ClN4/c1-14-12-18(21-13-15-8-6-7-11-17(15)20)24-19(22-14)23-16-9-4-2-3-5-10-16/h6-8,11-12,16H,2-5,9-10,13H2,1H3,(H2,21,22,23,24). The van der Waals surface area contributed by atoms with Gasteiger partial charge in [0, 0.05) is 29.4 Å². The van der Waals surface area contributed by atoms with Crippen molar-refractivity contribution in [1.29, 1.82) is 0 Å². The number of rotatable bonds is 5. The summed E-state index contributed by atoms with van der Waals surface area (Å²) in [6.07, 6.45) is 7.69. The van der Waals surface area contributed by atoms with Crippen molar-refractivity contribution in [2.75, 3.05) is 10.6 Å². The van der Waals surface area contributed by atoms with Crippen LogP contribution in [0.5, 0.6) is 0 Å². The van der Waals surface area contributed by atoms with E-state index in [0.29, 0.717) is 12.6 Å². The highest BCUT2D eigenvalue weighted by Crippen LogP contribution is 2.21. The molecule has 1 saturated carbocycles. The lowest BCUT2D eigenvalue weighted by molar-refractivity contribution is 0.614. The SMILES string of the molecule is Cc1cc(NCc2ccccc2Cl)nc(NC2CCCCCC2)n1. The molecule has 3 rings (SSSR count). The largest absolute Gasteiger partial charge is 0.366 e. The highest BCUT2D eigenvalue weighted by molar-refractivity contribution is 6.31. The van der Waals surface area contributed by atoms with E-state index in [0.717, 1.165) is 28.0 Å². The van der Waals surface area contributed by atoms with Crippen LogP contribution in [-0.4, -0.2) is 16.0 Å². The third-order valence-electron chi connectivity index (χ3n) is 4.46. The number of anilines is 2. The van der Waals surface area contributed by atoms with Gasteiger partial charge in [-0.25, -0.2) is 4.98 Å². The Labute approximate surface area is 149 Å². The molecule has 0 aliphatic heterocycles. The van der Waals surface area contributed by atoms with Gasteiger partial charge >= 0.3 is 0 Å². The molecule has 0 unspecified atom stereocenters. The topological polar surface area (TPSA) is 49.8 Å². The van der Waals surface area contributed by atoms with Gasteiger partial charge in [-0.2, -0.15) is 4.98 Å². The molecule has 2 N–H and O–H groups in total. The van der Waals surface area contributed by atoms with Crippen LogP contribution in [-0.2, 0) is 6.54 Å². The average Bonchev–Trinajstić information content (AvgIpc) is 2.82. The molecule has 0 atom stereocenters. The van der Waals surface area contributed by atoms with Gasteiger partial charge in [-0.15, -0.1) is 0 Å². The van der Waals surface area contributed by atoms with Crippen LogP contribution in [0.3, 0.4) is 0 Å². The van der Waals surface area contributed by atoms with Crippen LogP contribution in [0.4, 0.5) is 11.8 Å². The molecular formula is C19H25ClN4. The summed E-state index contributed by atoms with van der Waals surface area (Å²) in [5, 5.41) is 7.65. The molecule has 5 heteroatoms. The summed E-state index contributed by atoms with van der Waals surface area (Å²) >= 11 is 6.21. The summed E-state index contributed by atoms with van der Waals surface area (Å²) in [6, 6.07) is 10.3. The molecular weight excluding hydrogens is 320 g/mol. The summed E-state index contributed by atoms with van der Waals surface area (Å²) in [7, 11) is 0.